The van der Waals surface area contributed by atoms with E-state index in [9.17, 15) is 0 Å². The molecular weight excluding hydrogens is 707 g/mol. The van der Waals surface area contributed by atoms with Gasteiger partial charge in [-0.05, 0) is 46.9 Å². The summed E-state index contributed by atoms with van der Waals surface area (Å²) in [5, 5.41) is 0.859. The molecule has 4 nitrogen and oxygen atoms in total. The summed E-state index contributed by atoms with van der Waals surface area (Å²) in [6.45, 7) is 8.92. The summed E-state index contributed by atoms with van der Waals surface area (Å²) in [6, 6.07) is 37.4. The van der Waals surface area contributed by atoms with Crippen molar-refractivity contribution in [2.24, 2.45) is 0 Å². The molecule has 0 saturated heterocycles. The van der Waals surface area contributed by atoms with E-state index in [-0.39, 0.29) is 20.1 Å². The van der Waals surface area contributed by atoms with Gasteiger partial charge in [0.1, 0.15) is 0 Å². The fraction of sp³-hybridized carbons (Fsp3) is 0.158. The zero-order valence-electron chi connectivity index (χ0n) is 25.6. The van der Waals surface area contributed by atoms with Gasteiger partial charge in [-0.2, -0.15) is 0 Å². The van der Waals surface area contributed by atoms with Gasteiger partial charge in [0.05, 0.1) is 18.2 Å². The van der Waals surface area contributed by atoms with Crippen molar-refractivity contribution in [3.8, 4) is 28.3 Å². The molecule has 3 aromatic heterocycles. The Kier molecular flexibility index (Phi) is 8.93. The molecular formula is C38H33IrN3O-2. The smallest absolute Gasteiger partial charge is 0.0774 e. The summed E-state index contributed by atoms with van der Waals surface area (Å²) >= 11 is 0. The molecule has 0 bridgehead atoms. The molecule has 0 unspecified atom stereocenters. The van der Waals surface area contributed by atoms with Crippen LogP contribution in [-0.4, -0.2) is 14.5 Å². The molecule has 217 valence electrons. The SMILES string of the molecule is [2H]c1ccc2o[c-]c(-c3nc4ccccc4n3-c3c(C(C)C)cccc3C(C)C)c2c1.[Ir].[c-]1ccccc1-c1ccccn1. The van der Waals surface area contributed by atoms with Crippen molar-refractivity contribution in [2.75, 3.05) is 0 Å². The summed E-state index contributed by atoms with van der Waals surface area (Å²) in [5.41, 5.74) is 9.23. The Morgan fingerprint density at radius 1 is 0.791 bits per heavy atom. The Morgan fingerprint density at radius 3 is 2.23 bits per heavy atom. The Hall–Kier alpha value is -4.31. The van der Waals surface area contributed by atoms with Gasteiger partial charge in [0.2, 0.25) is 0 Å². The minimum absolute atomic E-state index is 0. The van der Waals surface area contributed by atoms with E-state index in [1.807, 2.05) is 66.7 Å². The van der Waals surface area contributed by atoms with Crippen LogP contribution < -0.4 is 0 Å². The van der Waals surface area contributed by atoms with Gasteiger partial charge < -0.3 is 14.0 Å². The second-order valence-electron chi connectivity index (χ2n) is 10.8. The van der Waals surface area contributed by atoms with E-state index in [0.29, 0.717) is 23.5 Å². The van der Waals surface area contributed by atoms with Crippen LogP contribution in [0.3, 0.4) is 0 Å². The van der Waals surface area contributed by atoms with Gasteiger partial charge in [-0.25, -0.2) is 0 Å². The minimum Gasteiger partial charge on any atom is -0.557 e. The standard InChI is InChI=1S/C27H25N2O.C11H8N.Ir/c1-17(2)19-11-9-12-20(18(3)4)26(19)29-24-14-7-6-13-23(24)28-27(29)22-16-30-25-15-8-5-10-21(22)25;1-2-6-10(7-3-1)11-8-4-5-9-12-11;/h5-15,17-18H,1-4H3;1-6,8-9H;/q2*-1;/i5D;;. The molecule has 0 aliphatic heterocycles. The number of benzene rings is 4. The maximum absolute atomic E-state index is 8.10. The van der Waals surface area contributed by atoms with Crippen molar-refractivity contribution in [1.29, 1.82) is 0 Å². The molecule has 1 radical (unpaired) electrons. The zero-order valence-corrected chi connectivity index (χ0v) is 27.0. The molecule has 7 rings (SSSR count). The number of imidazole rings is 1. The summed E-state index contributed by atoms with van der Waals surface area (Å²) in [5.74, 6) is 1.50. The van der Waals surface area contributed by atoms with Crippen molar-refractivity contribution in [3.63, 3.8) is 0 Å². The summed E-state index contributed by atoms with van der Waals surface area (Å²) in [7, 11) is 0. The van der Waals surface area contributed by atoms with Gasteiger partial charge in [-0.1, -0.05) is 99.3 Å². The molecule has 0 fully saturated rings. The number of rotatable bonds is 5. The molecule has 0 atom stereocenters. The van der Waals surface area contributed by atoms with Gasteiger partial charge in [0, 0.05) is 43.8 Å². The van der Waals surface area contributed by atoms with Crippen LogP contribution in [0, 0.1) is 12.3 Å². The largest absolute Gasteiger partial charge is 0.557 e. The van der Waals surface area contributed by atoms with Crippen LogP contribution >= 0.6 is 0 Å². The van der Waals surface area contributed by atoms with Crippen LogP contribution in [0.2, 0.25) is 0 Å². The van der Waals surface area contributed by atoms with Gasteiger partial charge in [0.15, 0.2) is 0 Å². The van der Waals surface area contributed by atoms with E-state index in [1.54, 1.807) is 12.3 Å². The van der Waals surface area contributed by atoms with E-state index >= 15 is 0 Å². The third kappa shape index (κ3) is 6.10. The van der Waals surface area contributed by atoms with Gasteiger partial charge in [-0.15, -0.1) is 42.0 Å². The molecule has 0 aliphatic rings. The molecule has 5 heteroatoms. The maximum atomic E-state index is 8.10. The molecule has 0 spiro atoms. The molecule has 43 heavy (non-hydrogen) atoms. The van der Waals surface area contributed by atoms with Crippen LogP contribution in [0.25, 0.3) is 50.3 Å². The van der Waals surface area contributed by atoms with Crippen LogP contribution in [0.1, 0.15) is 52.0 Å². The van der Waals surface area contributed by atoms with Crippen LogP contribution in [0.5, 0.6) is 0 Å². The van der Waals surface area contributed by atoms with Crippen molar-refractivity contribution >= 4 is 22.0 Å². The number of furan rings is 1. The predicted molar refractivity (Wildman–Crippen MR) is 172 cm³/mol. The quantitative estimate of drug-likeness (QED) is 0.165. The van der Waals surface area contributed by atoms with E-state index in [1.165, 1.54) is 16.8 Å². The number of fused-ring (bicyclic) bond motifs is 2. The second-order valence-corrected chi connectivity index (χ2v) is 10.8. The molecule has 4 aromatic carbocycles. The average Bonchev–Trinajstić information content (AvgIpc) is 3.62. The maximum Gasteiger partial charge on any atom is 0.0774 e. The molecule has 0 aliphatic carbocycles. The van der Waals surface area contributed by atoms with Crippen molar-refractivity contribution in [3.05, 3.63) is 139 Å². The van der Waals surface area contributed by atoms with E-state index in [4.69, 9.17) is 10.8 Å². The normalized spacial score (nSPS) is 11.3. The third-order valence-corrected chi connectivity index (χ3v) is 7.36. The van der Waals surface area contributed by atoms with Gasteiger partial charge in [0.25, 0.3) is 0 Å². The Bertz CT molecular complexity index is 1930. The van der Waals surface area contributed by atoms with E-state index in [0.717, 1.165) is 39.1 Å². The zero-order chi connectivity index (χ0) is 29.9. The first-order valence-corrected chi connectivity index (χ1v) is 14.3. The van der Waals surface area contributed by atoms with Crippen molar-refractivity contribution in [1.82, 2.24) is 14.5 Å². The number of nitrogens with zero attached hydrogens (tertiary/aromatic N) is 3. The second kappa shape index (κ2) is 13.3. The van der Waals surface area contributed by atoms with Crippen LogP contribution in [0.15, 0.2) is 120 Å². The Labute approximate surface area is 268 Å². The average molecular weight is 741 g/mol. The summed E-state index contributed by atoms with van der Waals surface area (Å²) < 4.78 is 16.1. The molecule has 7 aromatic rings. The van der Waals surface area contributed by atoms with Gasteiger partial charge in [-0.3, -0.25) is 4.98 Å². The monoisotopic (exact) mass is 741 g/mol. The first-order valence-electron chi connectivity index (χ1n) is 14.8. The fourth-order valence-corrected chi connectivity index (χ4v) is 5.29. The first-order chi connectivity index (χ1) is 20.9. The fourth-order valence-electron chi connectivity index (χ4n) is 5.29. The number of para-hydroxylation sites is 4. The molecule has 3 heterocycles. The first kappa shape index (κ1) is 28.8. The number of aromatic nitrogens is 3. The van der Waals surface area contributed by atoms with Crippen LogP contribution in [0.4, 0.5) is 0 Å². The van der Waals surface area contributed by atoms with Crippen molar-refractivity contribution < 1.29 is 25.9 Å². The molecule has 0 saturated carbocycles. The molecule has 0 amide bonds. The van der Waals surface area contributed by atoms with E-state index < -0.39 is 0 Å². The Morgan fingerprint density at radius 2 is 1.53 bits per heavy atom. The van der Waals surface area contributed by atoms with Gasteiger partial charge >= 0.3 is 0 Å². The summed E-state index contributed by atoms with van der Waals surface area (Å²) in [4.78, 5) is 9.24. The number of hydrogen-bond acceptors (Lipinski definition) is 3. The predicted octanol–water partition coefficient (Wildman–Crippen LogP) is 10.0. The van der Waals surface area contributed by atoms with Crippen LogP contribution in [-0.2, 0) is 20.1 Å². The Balaban J connectivity index is 0.000000248. The third-order valence-electron chi connectivity index (χ3n) is 7.36. The van der Waals surface area contributed by atoms with Crippen molar-refractivity contribution in [2.45, 2.75) is 39.5 Å². The molecule has 0 N–H and O–H groups in total. The summed E-state index contributed by atoms with van der Waals surface area (Å²) in [6.07, 6.45) is 4.87. The van der Waals surface area contributed by atoms with E-state index in [2.05, 4.69) is 79.9 Å². The topological polar surface area (TPSA) is 43.9 Å². The minimum atomic E-state index is 0. The number of pyridine rings is 1. The number of hydrogen-bond donors (Lipinski definition) is 0.